The van der Waals surface area contributed by atoms with Crippen molar-refractivity contribution < 1.29 is 4.79 Å². The van der Waals surface area contributed by atoms with Crippen LogP contribution in [0.4, 0.5) is 5.69 Å². The van der Waals surface area contributed by atoms with Gasteiger partial charge < -0.3 is 5.32 Å². The number of carbonyl (C=O) groups excluding carboxylic acids is 1. The average molecular weight is 285 g/mol. The number of rotatable bonds is 5. The molecule has 1 amide bonds. The summed E-state index contributed by atoms with van der Waals surface area (Å²) < 4.78 is 0. The Bertz CT molecular complexity index is 595. The molecule has 0 heterocycles. The monoisotopic (exact) mass is 285 g/mol. The summed E-state index contributed by atoms with van der Waals surface area (Å²) in [5.41, 5.74) is 4.50. The predicted molar refractivity (Wildman–Crippen MR) is 87.1 cm³/mol. The highest BCUT2D eigenvalue weighted by Crippen LogP contribution is 2.16. The Morgan fingerprint density at radius 3 is 2.65 bits per heavy atom. The van der Waals surface area contributed by atoms with Crippen molar-refractivity contribution >= 4 is 23.4 Å². The molecule has 0 saturated heterocycles. The lowest BCUT2D eigenvalue weighted by molar-refractivity contribution is -0.113. The Hall–Kier alpha value is -1.74. The second kappa shape index (κ2) is 7.15. The summed E-state index contributed by atoms with van der Waals surface area (Å²) in [5, 5.41) is 2.95. The summed E-state index contributed by atoms with van der Waals surface area (Å²) >= 11 is 1.64. The highest BCUT2D eigenvalue weighted by Gasteiger charge is 2.04. The van der Waals surface area contributed by atoms with Crippen molar-refractivity contribution in [2.24, 2.45) is 0 Å². The van der Waals surface area contributed by atoms with Crippen molar-refractivity contribution in [3.05, 3.63) is 65.2 Å². The number of benzene rings is 2. The third-order valence-corrected chi connectivity index (χ3v) is 4.01. The van der Waals surface area contributed by atoms with Crippen molar-refractivity contribution in [3.8, 4) is 0 Å². The van der Waals surface area contributed by atoms with E-state index < -0.39 is 0 Å². The van der Waals surface area contributed by atoms with Crippen molar-refractivity contribution in [2.45, 2.75) is 19.6 Å². The molecule has 0 aliphatic rings. The number of hydrogen-bond donors (Lipinski definition) is 1. The van der Waals surface area contributed by atoms with E-state index in [0.717, 1.165) is 17.0 Å². The van der Waals surface area contributed by atoms with Gasteiger partial charge in [-0.2, -0.15) is 0 Å². The minimum absolute atomic E-state index is 0.0527. The van der Waals surface area contributed by atoms with Crippen LogP contribution in [0.2, 0.25) is 0 Å². The lowest BCUT2D eigenvalue weighted by Gasteiger charge is -2.08. The van der Waals surface area contributed by atoms with E-state index in [1.165, 1.54) is 11.1 Å². The van der Waals surface area contributed by atoms with Crippen LogP contribution in [0, 0.1) is 13.8 Å². The molecule has 0 saturated carbocycles. The normalized spacial score (nSPS) is 10.3. The summed E-state index contributed by atoms with van der Waals surface area (Å²) in [7, 11) is 0. The van der Waals surface area contributed by atoms with Crippen molar-refractivity contribution in [1.29, 1.82) is 0 Å². The first-order valence-electron chi connectivity index (χ1n) is 6.64. The third-order valence-electron chi connectivity index (χ3n) is 3.00. The van der Waals surface area contributed by atoms with Crippen LogP contribution >= 0.6 is 11.8 Å². The van der Waals surface area contributed by atoms with Gasteiger partial charge in [-0.05, 0) is 31.0 Å². The molecule has 0 atom stereocenters. The first-order chi connectivity index (χ1) is 9.65. The fourth-order valence-corrected chi connectivity index (χ4v) is 2.74. The second-order valence-electron chi connectivity index (χ2n) is 4.84. The Labute approximate surface area is 124 Å². The maximum atomic E-state index is 11.9. The first-order valence-corrected chi connectivity index (χ1v) is 7.79. The van der Waals surface area contributed by atoms with E-state index >= 15 is 0 Å². The standard InChI is InChI=1S/C17H19NOS/c1-13-6-5-8-15(10-13)11-20-12-17(19)18-16-9-4-3-7-14(16)2/h3-10H,11-12H2,1-2H3,(H,18,19). The number of anilines is 1. The molecule has 0 bridgehead atoms. The molecule has 0 aliphatic carbocycles. The Morgan fingerprint density at radius 2 is 1.90 bits per heavy atom. The van der Waals surface area contributed by atoms with Crippen LogP contribution in [-0.2, 0) is 10.5 Å². The fourth-order valence-electron chi connectivity index (χ4n) is 1.96. The zero-order valence-corrected chi connectivity index (χ0v) is 12.7. The van der Waals surface area contributed by atoms with Crippen LogP contribution in [0.5, 0.6) is 0 Å². The first kappa shape index (κ1) is 14.7. The molecule has 2 rings (SSSR count). The third kappa shape index (κ3) is 4.42. The van der Waals surface area contributed by atoms with E-state index in [2.05, 4.69) is 36.5 Å². The number of nitrogens with one attached hydrogen (secondary N) is 1. The lowest BCUT2D eigenvalue weighted by Crippen LogP contribution is -2.14. The number of hydrogen-bond acceptors (Lipinski definition) is 2. The molecule has 2 aromatic rings. The van der Waals surface area contributed by atoms with Crippen LogP contribution in [0.15, 0.2) is 48.5 Å². The van der Waals surface area contributed by atoms with Gasteiger partial charge in [0.15, 0.2) is 0 Å². The molecule has 104 valence electrons. The minimum Gasteiger partial charge on any atom is -0.325 e. The maximum Gasteiger partial charge on any atom is 0.234 e. The van der Waals surface area contributed by atoms with Crippen molar-refractivity contribution in [3.63, 3.8) is 0 Å². The van der Waals surface area contributed by atoms with Gasteiger partial charge in [0.1, 0.15) is 0 Å². The van der Waals surface area contributed by atoms with Gasteiger partial charge in [-0.25, -0.2) is 0 Å². The fraction of sp³-hybridized carbons (Fsp3) is 0.235. The van der Waals surface area contributed by atoms with Crippen molar-refractivity contribution in [1.82, 2.24) is 0 Å². The van der Waals surface area contributed by atoms with Gasteiger partial charge in [0.25, 0.3) is 0 Å². The molecule has 1 N–H and O–H groups in total. The topological polar surface area (TPSA) is 29.1 Å². The van der Waals surface area contributed by atoms with Gasteiger partial charge in [-0.15, -0.1) is 11.8 Å². The van der Waals surface area contributed by atoms with E-state index in [1.54, 1.807) is 11.8 Å². The van der Waals surface area contributed by atoms with E-state index in [1.807, 2.05) is 31.2 Å². The van der Waals surface area contributed by atoms with Gasteiger partial charge in [0, 0.05) is 11.4 Å². The maximum absolute atomic E-state index is 11.9. The number of thioether (sulfide) groups is 1. The molecule has 2 aromatic carbocycles. The minimum atomic E-state index is 0.0527. The second-order valence-corrected chi connectivity index (χ2v) is 5.83. The molecule has 0 aliphatic heterocycles. The van der Waals surface area contributed by atoms with Gasteiger partial charge in [0.2, 0.25) is 5.91 Å². The quantitative estimate of drug-likeness (QED) is 0.893. The predicted octanol–water partition coefficient (Wildman–Crippen LogP) is 4.18. The van der Waals surface area contributed by atoms with Crippen molar-refractivity contribution in [2.75, 3.05) is 11.1 Å². The molecule has 2 nitrogen and oxygen atoms in total. The molecule has 3 heteroatoms. The Kier molecular flexibility index (Phi) is 5.24. The van der Waals surface area contributed by atoms with Gasteiger partial charge in [-0.3, -0.25) is 4.79 Å². The zero-order valence-electron chi connectivity index (χ0n) is 11.8. The van der Waals surface area contributed by atoms with Crippen LogP contribution in [0.1, 0.15) is 16.7 Å². The highest BCUT2D eigenvalue weighted by atomic mass is 32.2. The smallest absolute Gasteiger partial charge is 0.234 e. The lowest BCUT2D eigenvalue weighted by atomic mass is 10.2. The Morgan fingerprint density at radius 1 is 1.10 bits per heavy atom. The molecule has 0 radical (unpaired) electrons. The van der Waals surface area contributed by atoms with E-state index in [0.29, 0.717) is 5.75 Å². The SMILES string of the molecule is Cc1cccc(CSCC(=O)Nc2ccccc2C)c1. The molecular formula is C17H19NOS. The largest absolute Gasteiger partial charge is 0.325 e. The molecule has 0 aromatic heterocycles. The number of aryl methyl sites for hydroxylation is 2. The van der Waals surface area contributed by atoms with Gasteiger partial charge >= 0.3 is 0 Å². The van der Waals surface area contributed by atoms with Crippen LogP contribution < -0.4 is 5.32 Å². The molecule has 0 unspecified atom stereocenters. The summed E-state index contributed by atoms with van der Waals surface area (Å²) in [5.74, 6) is 1.39. The van der Waals surface area contributed by atoms with Gasteiger partial charge in [0.05, 0.1) is 5.75 Å². The van der Waals surface area contributed by atoms with Gasteiger partial charge in [-0.1, -0.05) is 48.0 Å². The zero-order chi connectivity index (χ0) is 14.4. The molecule has 0 fully saturated rings. The highest BCUT2D eigenvalue weighted by molar-refractivity contribution is 7.99. The number of para-hydroxylation sites is 1. The van der Waals surface area contributed by atoms with Crippen LogP contribution in [0.25, 0.3) is 0 Å². The van der Waals surface area contributed by atoms with E-state index in [-0.39, 0.29) is 5.91 Å². The summed E-state index contributed by atoms with van der Waals surface area (Å²) in [6.45, 7) is 4.08. The van der Waals surface area contributed by atoms with E-state index in [4.69, 9.17) is 0 Å². The average Bonchev–Trinajstić information content (AvgIpc) is 2.41. The van der Waals surface area contributed by atoms with Crippen LogP contribution in [0.3, 0.4) is 0 Å². The number of carbonyl (C=O) groups is 1. The Balaban J connectivity index is 1.80. The molecular weight excluding hydrogens is 266 g/mol. The summed E-state index contributed by atoms with van der Waals surface area (Å²) in [6, 6.07) is 16.2. The van der Waals surface area contributed by atoms with Crippen LogP contribution in [-0.4, -0.2) is 11.7 Å². The van der Waals surface area contributed by atoms with E-state index in [9.17, 15) is 4.79 Å². The summed E-state index contributed by atoms with van der Waals surface area (Å²) in [6.07, 6.45) is 0. The molecule has 20 heavy (non-hydrogen) atoms. The molecule has 0 spiro atoms. The summed E-state index contributed by atoms with van der Waals surface area (Å²) in [4.78, 5) is 11.9. The number of amides is 1.